The van der Waals surface area contributed by atoms with Gasteiger partial charge < -0.3 is 21.3 Å². The standard InChI is InChI=1S/C22H25N3O2.C10H9ClN2O2/c26-21-14-18-13-19(6-7-20(18)24-21)23-22(27)15-25-10-8-17(9-11-25)12-16-4-2-1-3-5-16;11-5-10(15)12-7-1-2-8-6(3-7)4-9(14)13-8/h1-7,13,17H,8-12,14-15H2,(H,23,27)(H,24,26);1-3H,4-5H2,(H,12,15)(H,13,14). The average Bonchev–Trinajstić information content (AvgIpc) is 3.54. The fraction of sp³-hybridized carbons (Fsp3) is 0.312. The molecule has 3 heterocycles. The summed E-state index contributed by atoms with van der Waals surface area (Å²) in [6, 6.07) is 21.5. The Morgan fingerprint density at radius 3 is 1.88 bits per heavy atom. The summed E-state index contributed by atoms with van der Waals surface area (Å²) in [7, 11) is 0. The maximum atomic E-state index is 12.4. The van der Waals surface area contributed by atoms with Crippen LogP contribution in [-0.4, -0.2) is 54.0 Å². The molecule has 0 aliphatic carbocycles. The van der Waals surface area contributed by atoms with Crippen LogP contribution in [0.5, 0.6) is 0 Å². The average molecular weight is 588 g/mol. The van der Waals surface area contributed by atoms with Crippen LogP contribution in [0, 0.1) is 5.92 Å². The van der Waals surface area contributed by atoms with Gasteiger partial charge >= 0.3 is 0 Å². The Balaban J connectivity index is 0.000000199. The number of amides is 4. The van der Waals surface area contributed by atoms with Gasteiger partial charge in [0.05, 0.1) is 19.4 Å². The minimum Gasteiger partial charge on any atom is -0.326 e. The molecule has 0 spiro atoms. The van der Waals surface area contributed by atoms with Gasteiger partial charge in [0.15, 0.2) is 0 Å². The molecule has 0 aromatic heterocycles. The number of carbonyl (C=O) groups is 4. The summed E-state index contributed by atoms with van der Waals surface area (Å²) in [5.41, 5.74) is 6.32. The summed E-state index contributed by atoms with van der Waals surface area (Å²) in [5.74, 6) is 0.364. The van der Waals surface area contributed by atoms with Crippen molar-refractivity contribution >= 4 is 58.0 Å². The number of nitrogens with one attached hydrogen (secondary N) is 4. The molecule has 218 valence electrons. The minimum absolute atomic E-state index is 0.00634. The Kier molecular flexibility index (Phi) is 9.51. The zero-order valence-corrected chi connectivity index (χ0v) is 24.0. The molecule has 3 aromatic rings. The predicted octanol–water partition coefficient (Wildman–Crippen LogP) is 4.43. The number of anilines is 4. The summed E-state index contributed by atoms with van der Waals surface area (Å²) in [6.07, 6.45) is 4.14. The second-order valence-corrected chi connectivity index (χ2v) is 11.1. The molecule has 42 heavy (non-hydrogen) atoms. The molecule has 6 rings (SSSR count). The molecule has 0 atom stereocenters. The van der Waals surface area contributed by atoms with Crippen LogP contribution >= 0.6 is 11.6 Å². The molecule has 0 saturated carbocycles. The van der Waals surface area contributed by atoms with Crippen LogP contribution in [0.2, 0.25) is 0 Å². The van der Waals surface area contributed by atoms with E-state index in [0.29, 0.717) is 31.0 Å². The van der Waals surface area contributed by atoms with Gasteiger partial charge in [0.2, 0.25) is 23.6 Å². The fourth-order valence-corrected chi connectivity index (χ4v) is 5.58. The minimum atomic E-state index is -0.256. The Bertz CT molecular complexity index is 1470. The van der Waals surface area contributed by atoms with E-state index in [1.165, 1.54) is 5.56 Å². The normalized spacial score (nSPS) is 15.9. The lowest BCUT2D eigenvalue weighted by atomic mass is 9.90. The summed E-state index contributed by atoms with van der Waals surface area (Å²) >= 11 is 5.36. The maximum Gasteiger partial charge on any atom is 0.239 e. The van der Waals surface area contributed by atoms with E-state index in [0.717, 1.165) is 60.5 Å². The first-order chi connectivity index (χ1) is 20.3. The van der Waals surface area contributed by atoms with Crippen LogP contribution in [0.1, 0.15) is 29.5 Å². The highest BCUT2D eigenvalue weighted by molar-refractivity contribution is 6.29. The van der Waals surface area contributed by atoms with E-state index >= 15 is 0 Å². The summed E-state index contributed by atoms with van der Waals surface area (Å²) < 4.78 is 0. The first-order valence-electron chi connectivity index (χ1n) is 14.1. The van der Waals surface area contributed by atoms with Crippen molar-refractivity contribution in [3.8, 4) is 0 Å². The molecule has 4 N–H and O–H groups in total. The SMILES string of the molecule is O=C(CCl)Nc1ccc2c(c1)CC(=O)N2.O=C(CN1CCC(Cc2ccccc2)CC1)Nc1ccc2c(c1)CC(=O)N2. The lowest BCUT2D eigenvalue weighted by molar-refractivity contribution is -0.118. The number of nitrogens with zero attached hydrogens (tertiary/aromatic N) is 1. The molecule has 0 bridgehead atoms. The molecule has 4 amide bonds. The monoisotopic (exact) mass is 587 g/mol. The van der Waals surface area contributed by atoms with E-state index < -0.39 is 0 Å². The number of likely N-dealkylation sites (tertiary alicyclic amines) is 1. The van der Waals surface area contributed by atoms with Crippen molar-refractivity contribution in [2.45, 2.75) is 32.1 Å². The van der Waals surface area contributed by atoms with Gasteiger partial charge in [-0.1, -0.05) is 30.3 Å². The van der Waals surface area contributed by atoms with Gasteiger partial charge in [-0.2, -0.15) is 0 Å². The maximum absolute atomic E-state index is 12.4. The van der Waals surface area contributed by atoms with Crippen molar-refractivity contribution in [3.63, 3.8) is 0 Å². The molecular weight excluding hydrogens is 554 g/mol. The Morgan fingerprint density at radius 2 is 1.33 bits per heavy atom. The number of rotatable bonds is 7. The fourth-order valence-electron chi connectivity index (χ4n) is 5.51. The van der Waals surface area contributed by atoms with E-state index in [-0.39, 0.29) is 29.5 Å². The molecule has 0 radical (unpaired) electrons. The molecule has 1 saturated heterocycles. The molecule has 10 heteroatoms. The van der Waals surface area contributed by atoms with Gasteiger partial charge in [0, 0.05) is 22.7 Å². The third-order valence-corrected chi connectivity index (χ3v) is 7.83. The van der Waals surface area contributed by atoms with Gasteiger partial charge in [-0.25, -0.2) is 0 Å². The van der Waals surface area contributed by atoms with Gasteiger partial charge in [-0.3, -0.25) is 24.1 Å². The number of fused-ring (bicyclic) bond motifs is 2. The molecule has 3 aliphatic heterocycles. The van der Waals surface area contributed by atoms with Crippen LogP contribution in [0.3, 0.4) is 0 Å². The number of hydrogen-bond acceptors (Lipinski definition) is 5. The summed E-state index contributed by atoms with van der Waals surface area (Å²) in [6.45, 7) is 2.35. The van der Waals surface area contributed by atoms with Crippen molar-refractivity contribution in [3.05, 3.63) is 83.4 Å². The molecule has 3 aromatic carbocycles. The van der Waals surface area contributed by atoms with Gasteiger partial charge in [0.25, 0.3) is 0 Å². The van der Waals surface area contributed by atoms with Gasteiger partial charge in [-0.05, 0) is 91.4 Å². The van der Waals surface area contributed by atoms with Crippen molar-refractivity contribution in [1.82, 2.24) is 4.90 Å². The molecule has 0 unspecified atom stereocenters. The number of benzene rings is 3. The van der Waals surface area contributed by atoms with Crippen LogP contribution in [0.4, 0.5) is 22.7 Å². The Hall–Kier alpha value is -4.21. The zero-order chi connectivity index (χ0) is 29.5. The Labute approximate surface area is 250 Å². The van der Waals surface area contributed by atoms with Crippen molar-refractivity contribution in [2.75, 3.05) is 46.8 Å². The summed E-state index contributed by atoms with van der Waals surface area (Å²) in [4.78, 5) is 48.1. The van der Waals surface area contributed by atoms with Gasteiger partial charge in [-0.15, -0.1) is 11.6 Å². The second kappa shape index (κ2) is 13.6. The highest BCUT2D eigenvalue weighted by Crippen LogP contribution is 2.27. The van der Waals surface area contributed by atoms with Crippen LogP contribution in [0.25, 0.3) is 0 Å². The van der Waals surface area contributed by atoms with Gasteiger partial charge in [0.1, 0.15) is 5.88 Å². The highest BCUT2D eigenvalue weighted by atomic mass is 35.5. The van der Waals surface area contributed by atoms with Crippen LogP contribution < -0.4 is 21.3 Å². The predicted molar refractivity (Wildman–Crippen MR) is 165 cm³/mol. The molecule has 1 fully saturated rings. The second-order valence-electron chi connectivity index (χ2n) is 10.8. The van der Waals surface area contributed by atoms with E-state index in [2.05, 4.69) is 56.5 Å². The quantitative estimate of drug-likeness (QED) is 0.305. The highest BCUT2D eigenvalue weighted by Gasteiger charge is 2.22. The number of piperidine rings is 1. The van der Waals surface area contributed by atoms with E-state index in [1.807, 2.05) is 18.2 Å². The van der Waals surface area contributed by atoms with Crippen molar-refractivity contribution < 1.29 is 19.2 Å². The lowest BCUT2D eigenvalue weighted by Crippen LogP contribution is -2.39. The summed E-state index contributed by atoms with van der Waals surface area (Å²) in [5, 5.41) is 11.1. The van der Waals surface area contributed by atoms with E-state index in [1.54, 1.807) is 18.2 Å². The third kappa shape index (κ3) is 7.96. The number of halogens is 1. The lowest BCUT2D eigenvalue weighted by Gasteiger charge is -2.31. The Morgan fingerprint density at radius 1 is 0.786 bits per heavy atom. The topological polar surface area (TPSA) is 120 Å². The molecule has 3 aliphatic rings. The van der Waals surface area contributed by atoms with Crippen LogP contribution in [0.15, 0.2) is 66.7 Å². The van der Waals surface area contributed by atoms with E-state index in [9.17, 15) is 19.2 Å². The largest absolute Gasteiger partial charge is 0.326 e. The molecular formula is C32H34ClN5O4. The third-order valence-electron chi connectivity index (χ3n) is 7.59. The number of carbonyl (C=O) groups excluding carboxylic acids is 4. The number of hydrogen-bond donors (Lipinski definition) is 4. The smallest absolute Gasteiger partial charge is 0.239 e. The number of alkyl halides is 1. The zero-order valence-electron chi connectivity index (χ0n) is 23.3. The first kappa shape index (κ1) is 29.3. The molecule has 9 nitrogen and oxygen atoms in total. The van der Waals surface area contributed by atoms with E-state index in [4.69, 9.17) is 11.6 Å². The first-order valence-corrected chi connectivity index (χ1v) is 14.7. The van der Waals surface area contributed by atoms with Crippen molar-refractivity contribution in [2.24, 2.45) is 5.92 Å². The van der Waals surface area contributed by atoms with Crippen molar-refractivity contribution in [1.29, 1.82) is 0 Å². The van der Waals surface area contributed by atoms with Crippen LogP contribution in [-0.2, 0) is 38.4 Å².